The van der Waals surface area contributed by atoms with Crippen molar-refractivity contribution in [3.05, 3.63) is 44.3 Å². The van der Waals surface area contributed by atoms with E-state index in [9.17, 15) is 4.79 Å². The van der Waals surface area contributed by atoms with Crippen LogP contribution in [0.3, 0.4) is 0 Å². The normalized spacial score (nSPS) is 8.47. The number of carbonyl (C=O) groups excluding carboxylic acids is 1. The molecule has 0 aromatic heterocycles. The highest BCUT2D eigenvalue weighted by molar-refractivity contribution is 9.11. The maximum Gasteiger partial charge on any atom is 0.293 e. The molecule has 0 aliphatic heterocycles. The number of hydrogen-bond acceptors (Lipinski definition) is 2. The van der Waals surface area contributed by atoms with E-state index in [0.717, 1.165) is 13.4 Å². The third-order valence-electron chi connectivity index (χ3n) is 1.11. The van der Waals surface area contributed by atoms with E-state index in [2.05, 4.69) is 59.1 Å². The van der Waals surface area contributed by atoms with Crippen molar-refractivity contribution in [2.75, 3.05) is 6.61 Å². The maximum atomic E-state index is 9.29. The van der Waals surface area contributed by atoms with Gasteiger partial charge in [0.15, 0.2) is 0 Å². The van der Waals surface area contributed by atoms with Gasteiger partial charge in [-0.1, -0.05) is 60.4 Å². The molecule has 0 heterocycles. The van der Waals surface area contributed by atoms with Crippen molar-refractivity contribution in [3.63, 3.8) is 0 Å². The van der Waals surface area contributed by atoms with Crippen molar-refractivity contribution < 1.29 is 9.53 Å². The van der Waals surface area contributed by atoms with Gasteiger partial charge in [0.25, 0.3) is 6.47 Å². The summed E-state index contributed by atoms with van der Waals surface area (Å²) in [6.07, 6.45) is 1.51. The van der Waals surface area contributed by atoms with Crippen molar-refractivity contribution in [2.24, 2.45) is 0 Å². The number of halogens is 3. The lowest BCUT2D eigenvalue weighted by Gasteiger charge is -1.92. The van der Waals surface area contributed by atoms with Gasteiger partial charge in [0.1, 0.15) is 6.61 Å². The molecular formula is C10H9Br3O2. The van der Waals surface area contributed by atoms with Crippen molar-refractivity contribution in [1.29, 1.82) is 0 Å². The fraction of sp³-hybridized carbons (Fsp3) is 0.100. The van der Waals surface area contributed by atoms with Crippen molar-refractivity contribution in [2.45, 2.75) is 0 Å². The molecule has 0 spiro atoms. The van der Waals surface area contributed by atoms with Crippen LogP contribution in [-0.4, -0.2) is 13.1 Å². The topological polar surface area (TPSA) is 26.3 Å². The first-order valence-corrected chi connectivity index (χ1v) is 6.25. The lowest BCUT2D eigenvalue weighted by molar-refractivity contribution is -0.127. The van der Waals surface area contributed by atoms with Gasteiger partial charge in [-0.3, -0.25) is 4.79 Å². The molecule has 0 fully saturated rings. The van der Waals surface area contributed by atoms with Crippen LogP contribution in [0.2, 0.25) is 0 Å². The van der Waals surface area contributed by atoms with Crippen LogP contribution in [0.1, 0.15) is 0 Å². The van der Waals surface area contributed by atoms with E-state index in [1.54, 1.807) is 0 Å². The Balaban J connectivity index is 0.000000288. The Hall–Kier alpha value is -0.130. The van der Waals surface area contributed by atoms with Gasteiger partial charge in [-0.05, 0) is 18.2 Å². The zero-order valence-electron chi connectivity index (χ0n) is 7.75. The molecule has 1 aromatic carbocycles. The Labute approximate surface area is 114 Å². The maximum absolute atomic E-state index is 9.29. The highest BCUT2D eigenvalue weighted by Crippen LogP contribution is 2.23. The van der Waals surface area contributed by atoms with E-state index in [0.29, 0.717) is 13.1 Å². The van der Waals surface area contributed by atoms with Gasteiger partial charge in [-0.25, -0.2) is 0 Å². The van der Waals surface area contributed by atoms with Crippen LogP contribution in [0.5, 0.6) is 0 Å². The second-order valence-corrected chi connectivity index (χ2v) is 5.05. The average molecular weight is 401 g/mol. The van der Waals surface area contributed by atoms with E-state index in [4.69, 9.17) is 0 Å². The van der Waals surface area contributed by atoms with Gasteiger partial charge < -0.3 is 4.74 Å². The van der Waals surface area contributed by atoms with Crippen molar-refractivity contribution in [1.82, 2.24) is 0 Å². The smallest absolute Gasteiger partial charge is 0.293 e. The summed E-state index contributed by atoms with van der Waals surface area (Å²) < 4.78 is 7.40. The zero-order chi connectivity index (χ0) is 11.7. The quantitative estimate of drug-likeness (QED) is 0.429. The van der Waals surface area contributed by atoms with Crippen LogP contribution in [0, 0.1) is 0 Å². The molecule has 15 heavy (non-hydrogen) atoms. The Morgan fingerprint density at radius 1 is 1.13 bits per heavy atom. The second-order valence-electron chi connectivity index (χ2n) is 2.31. The number of ether oxygens (including phenoxy) is 1. The van der Waals surface area contributed by atoms with Crippen LogP contribution in [0.4, 0.5) is 0 Å². The average Bonchev–Trinajstić information content (AvgIpc) is 2.13. The lowest BCUT2D eigenvalue weighted by Crippen LogP contribution is -1.83. The molecule has 0 radical (unpaired) electrons. The highest BCUT2D eigenvalue weighted by atomic mass is 79.9. The summed E-state index contributed by atoms with van der Waals surface area (Å²) in [5, 5.41) is 0. The molecule has 1 rings (SSSR count). The third-order valence-corrected chi connectivity index (χ3v) is 2.48. The zero-order valence-corrected chi connectivity index (χ0v) is 12.5. The molecule has 0 unspecified atom stereocenters. The molecule has 0 saturated heterocycles. The Morgan fingerprint density at radius 2 is 1.53 bits per heavy atom. The summed E-state index contributed by atoms with van der Waals surface area (Å²) in [5.41, 5.74) is 0. The first-order chi connectivity index (χ1) is 7.10. The summed E-state index contributed by atoms with van der Waals surface area (Å²) in [6.45, 7) is 4.01. The van der Waals surface area contributed by atoms with Gasteiger partial charge in [0.2, 0.25) is 0 Å². The first kappa shape index (κ1) is 14.9. The molecule has 0 aliphatic rings. The van der Waals surface area contributed by atoms with Crippen LogP contribution in [-0.2, 0) is 9.53 Å². The van der Waals surface area contributed by atoms with E-state index >= 15 is 0 Å². The van der Waals surface area contributed by atoms with E-state index < -0.39 is 0 Å². The standard InChI is InChI=1S/C6H3Br3.C4H6O2/c7-4-1-5(8)3-6(9)2-4;1-2-3-6-4-5/h1-3H;2,4H,1,3H2. The largest absolute Gasteiger partial charge is 0.464 e. The second kappa shape index (κ2) is 9.12. The predicted molar refractivity (Wildman–Crippen MR) is 71.8 cm³/mol. The van der Waals surface area contributed by atoms with E-state index in [1.165, 1.54) is 6.08 Å². The molecule has 0 saturated carbocycles. The number of benzene rings is 1. The van der Waals surface area contributed by atoms with Gasteiger partial charge in [-0.2, -0.15) is 0 Å². The minimum atomic E-state index is 0.309. The summed E-state index contributed by atoms with van der Waals surface area (Å²) >= 11 is 10.1. The van der Waals surface area contributed by atoms with Crippen LogP contribution >= 0.6 is 47.8 Å². The SMILES string of the molecule is Brc1cc(Br)cc(Br)c1.C=CCOC=O. The third kappa shape index (κ3) is 8.84. The Bertz CT molecular complexity index is 268. The predicted octanol–water partition coefficient (Wildman–Crippen LogP) is 4.32. The fourth-order valence-electron chi connectivity index (χ4n) is 0.628. The summed E-state index contributed by atoms with van der Waals surface area (Å²) in [6, 6.07) is 5.97. The monoisotopic (exact) mass is 398 g/mol. The highest BCUT2D eigenvalue weighted by Gasteiger charge is 1.91. The fourth-order valence-corrected chi connectivity index (χ4v) is 3.03. The Kier molecular flexibility index (Phi) is 9.04. The minimum absolute atomic E-state index is 0.309. The van der Waals surface area contributed by atoms with Crippen molar-refractivity contribution in [3.8, 4) is 0 Å². The van der Waals surface area contributed by atoms with E-state index in [1.807, 2.05) is 18.2 Å². The van der Waals surface area contributed by atoms with Crippen molar-refractivity contribution >= 4 is 54.3 Å². The molecule has 82 valence electrons. The number of carbonyl (C=O) groups is 1. The van der Waals surface area contributed by atoms with Gasteiger partial charge in [-0.15, -0.1) is 0 Å². The summed E-state index contributed by atoms with van der Waals surface area (Å²) in [5.74, 6) is 0. The molecule has 0 aliphatic carbocycles. The molecule has 0 atom stereocenters. The number of hydrogen-bond donors (Lipinski definition) is 0. The summed E-state index contributed by atoms with van der Waals surface area (Å²) in [7, 11) is 0. The molecule has 1 aromatic rings. The molecule has 0 amide bonds. The lowest BCUT2D eigenvalue weighted by atomic mass is 10.4. The van der Waals surface area contributed by atoms with E-state index in [-0.39, 0.29) is 0 Å². The molecule has 0 N–H and O–H groups in total. The van der Waals surface area contributed by atoms with Gasteiger partial charge >= 0.3 is 0 Å². The molecular weight excluding hydrogens is 392 g/mol. The van der Waals surface area contributed by atoms with Crippen LogP contribution < -0.4 is 0 Å². The molecule has 2 nitrogen and oxygen atoms in total. The molecule has 5 heteroatoms. The first-order valence-electron chi connectivity index (χ1n) is 3.88. The van der Waals surface area contributed by atoms with Crippen LogP contribution in [0.25, 0.3) is 0 Å². The van der Waals surface area contributed by atoms with Gasteiger partial charge in [0, 0.05) is 13.4 Å². The Morgan fingerprint density at radius 3 is 1.73 bits per heavy atom. The molecule has 0 bridgehead atoms. The van der Waals surface area contributed by atoms with Crippen LogP contribution in [0.15, 0.2) is 44.3 Å². The van der Waals surface area contributed by atoms with Gasteiger partial charge in [0.05, 0.1) is 0 Å². The number of rotatable bonds is 3. The summed E-state index contributed by atoms with van der Waals surface area (Å²) in [4.78, 5) is 9.29. The minimum Gasteiger partial charge on any atom is -0.464 e.